The second-order valence-electron chi connectivity index (χ2n) is 12.1. The highest BCUT2D eigenvalue weighted by Gasteiger charge is 2.26. The molecule has 0 radical (unpaired) electrons. The van der Waals surface area contributed by atoms with E-state index in [1.165, 1.54) is 73.2 Å². The molecule has 0 bridgehead atoms. The van der Waals surface area contributed by atoms with E-state index in [0.29, 0.717) is 6.54 Å². The number of unbranched alkanes of at least 4 members (excludes halogenated alkanes) is 9. The number of nitrogens with one attached hydrogen (secondary N) is 2. The number of aromatic nitrogens is 1. The van der Waals surface area contributed by atoms with Gasteiger partial charge in [-0.15, -0.1) is 0 Å². The smallest absolute Gasteiger partial charge is 0.408 e. The quantitative estimate of drug-likeness (QED) is 0.106. The summed E-state index contributed by atoms with van der Waals surface area (Å²) in [6, 6.07) is 26.5. The van der Waals surface area contributed by atoms with E-state index >= 15 is 0 Å². The molecule has 2 atom stereocenters. The Morgan fingerprint density at radius 3 is 1.82 bits per heavy atom. The third-order valence-corrected chi connectivity index (χ3v) is 8.77. The molecule has 0 unspecified atom stereocenters. The molecule has 3 aromatic carbocycles. The number of para-hydroxylation sites is 2. The van der Waals surface area contributed by atoms with E-state index in [4.69, 9.17) is 4.74 Å². The van der Waals surface area contributed by atoms with Gasteiger partial charge in [-0.2, -0.15) is 0 Å². The normalized spacial score (nSPS) is 12.7. The van der Waals surface area contributed by atoms with Crippen molar-refractivity contribution in [1.82, 2.24) is 15.2 Å². The van der Waals surface area contributed by atoms with Crippen LogP contribution >= 0.6 is 0 Å². The molecule has 4 aromatic rings. The number of carbonyl (C=O) groups is 2. The molecule has 0 aliphatic heterocycles. The Balaban J connectivity index is 1.02. The predicted molar refractivity (Wildman–Crippen MR) is 182 cm³/mol. The van der Waals surface area contributed by atoms with E-state index in [-0.39, 0.29) is 18.4 Å². The van der Waals surface area contributed by atoms with E-state index < -0.39 is 12.1 Å². The number of rotatable bonds is 19. The summed E-state index contributed by atoms with van der Waals surface area (Å²) in [5, 5.41) is 8.52. The van der Waals surface area contributed by atoms with Gasteiger partial charge in [-0.3, -0.25) is 4.79 Å². The molecule has 44 heavy (non-hydrogen) atoms. The molecule has 1 aromatic heterocycles. The number of alkyl carbamates (subject to hydrolysis) is 1. The number of aryl methyl sites for hydroxylation is 1. The maximum absolute atomic E-state index is 12.8. The van der Waals surface area contributed by atoms with Crippen LogP contribution in [0.2, 0.25) is 0 Å². The van der Waals surface area contributed by atoms with Crippen LogP contribution in [0.3, 0.4) is 0 Å². The van der Waals surface area contributed by atoms with Crippen molar-refractivity contribution in [1.29, 1.82) is 0 Å². The number of hydrogen-bond donors (Lipinski definition) is 2. The second kappa shape index (κ2) is 18.1. The molecule has 0 saturated heterocycles. The van der Waals surface area contributed by atoms with Crippen molar-refractivity contribution in [2.24, 2.45) is 5.92 Å². The Kier molecular flexibility index (Phi) is 13.6. The maximum atomic E-state index is 12.8. The van der Waals surface area contributed by atoms with Gasteiger partial charge in [-0.25, -0.2) is 4.79 Å². The van der Waals surface area contributed by atoms with Crippen LogP contribution in [0.5, 0.6) is 0 Å². The molecule has 0 saturated carbocycles. The number of amides is 2. The molecular formula is C38H51N3O3. The van der Waals surface area contributed by atoms with E-state index in [0.717, 1.165) is 31.4 Å². The fourth-order valence-corrected chi connectivity index (χ4v) is 5.97. The molecule has 0 fully saturated rings. The standard InChI is InChI=1S/C38H51N3O3/c1-3-30(2)36(40-38(43)44-29-31-21-13-12-14-22-31)37(42)39-27-19-10-8-6-4-5-7-9-11-20-28-41-34-25-17-15-23-32(34)33-24-16-18-26-35(33)41/h12-18,21-26,30,36H,3-11,19-20,27-29H2,1-2H3,(H,39,42)(H,40,43)/t30-,36-/m0/s1. The number of hydrogen-bond acceptors (Lipinski definition) is 3. The summed E-state index contributed by atoms with van der Waals surface area (Å²) in [7, 11) is 0. The first-order valence-electron chi connectivity index (χ1n) is 16.8. The van der Waals surface area contributed by atoms with E-state index in [9.17, 15) is 9.59 Å². The van der Waals surface area contributed by atoms with Gasteiger partial charge in [-0.05, 0) is 36.5 Å². The summed E-state index contributed by atoms with van der Waals surface area (Å²) in [5.74, 6) is -0.109. The van der Waals surface area contributed by atoms with Gasteiger partial charge in [0, 0.05) is 34.9 Å². The second-order valence-corrected chi connectivity index (χ2v) is 12.1. The summed E-state index contributed by atoms with van der Waals surface area (Å²) < 4.78 is 7.83. The number of fused-ring (bicyclic) bond motifs is 3. The van der Waals surface area contributed by atoms with Gasteiger partial charge >= 0.3 is 6.09 Å². The maximum Gasteiger partial charge on any atom is 0.408 e. The van der Waals surface area contributed by atoms with Gasteiger partial charge in [0.2, 0.25) is 5.91 Å². The third kappa shape index (κ3) is 9.87. The van der Waals surface area contributed by atoms with Crippen molar-refractivity contribution in [2.75, 3.05) is 6.54 Å². The average molecular weight is 598 g/mol. The van der Waals surface area contributed by atoms with Crippen LogP contribution in [-0.2, 0) is 22.7 Å². The summed E-state index contributed by atoms with van der Waals surface area (Å²) >= 11 is 0. The van der Waals surface area contributed by atoms with Gasteiger partial charge < -0.3 is 19.9 Å². The summed E-state index contributed by atoms with van der Waals surface area (Å²) in [6.07, 6.45) is 12.4. The largest absolute Gasteiger partial charge is 0.445 e. The van der Waals surface area contributed by atoms with Crippen molar-refractivity contribution in [2.45, 2.75) is 104 Å². The van der Waals surface area contributed by atoms with E-state index in [1.54, 1.807) is 0 Å². The van der Waals surface area contributed by atoms with Gasteiger partial charge in [-0.1, -0.05) is 138 Å². The highest BCUT2D eigenvalue weighted by Crippen LogP contribution is 2.29. The molecule has 1 heterocycles. The zero-order valence-electron chi connectivity index (χ0n) is 26.7. The van der Waals surface area contributed by atoms with Crippen LogP contribution in [-0.4, -0.2) is 29.2 Å². The van der Waals surface area contributed by atoms with Gasteiger partial charge in [0.05, 0.1) is 0 Å². The lowest BCUT2D eigenvalue weighted by molar-refractivity contribution is -0.124. The fourth-order valence-electron chi connectivity index (χ4n) is 5.97. The Bertz CT molecular complexity index is 1380. The molecule has 2 amide bonds. The predicted octanol–water partition coefficient (Wildman–Crippen LogP) is 9.15. The zero-order chi connectivity index (χ0) is 31.0. The molecule has 0 aliphatic carbocycles. The number of nitrogens with zero attached hydrogens (tertiary/aromatic N) is 1. The Labute approximate surface area is 263 Å². The van der Waals surface area contributed by atoms with Gasteiger partial charge in [0.1, 0.15) is 12.6 Å². The van der Waals surface area contributed by atoms with Crippen LogP contribution in [0.4, 0.5) is 4.79 Å². The lowest BCUT2D eigenvalue weighted by Crippen LogP contribution is -2.50. The minimum atomic E-state index is -0.592. The van der Waals surface area contributed by atoms with Crippen molar-refractivity contribution < 1.29 is 14.3 Å². The lowest BCUT2D eigenvalue weighted by atomic mass is 9.98. The molecular weight excluding hydrogens is 546 g/mol. The van der Waals surface area contributed by atoms with Crippen LogP contribution in [0.15, 0.2) is 78.9 Å². The van der Waals surface area contributed by atoms with Crippen LogP contribution in [0.1, 0.15) is 90.0 Å². The minimum Gasteiger partial charge on any atom is -0.445 e. The van der Waals surface area contributed by atoms with Crippen molar-refractivity contribution >= 4 is 33.8 Å². The molecule has 0 aliphatic rings. The lowest BCUT2D eigenvalue weighted by Gasteiger charge is -2.23. The fraction of sp³-hybridized carbons (Fsp3) is 0.474. The minimum absolute atomic E-state index is 0.0212. The first kappa shape index (κ1) is 33.1. The Hall–Kier alpha value is -3.80. The van der Waals surface area contributed by atoms with Gasteiger partial charge in [0.15, 0.2) is 0 Å². The Morgan fingerprint density at radius 2 is 1.23 bits per heavy atom. The molecule has 6 heteroatoms. The molecule has 2 N–H and O–H groups in total. The van der Waals surface area contributed by atoms with Crippen molar-refractivity contribution in [3.8, 4) is 0 Å². The molecule has 0 spiro atoms. The van der Waals surface area contributed by atoms with E-state index in [1.807, 2.05) is 44.2 Å². The van der Waals surface area contributed by atoms with Crippen molar-refractivity contribution in [3.63, 3.8) is 0 Å². The molecule has 4 rings (SSSR count). The number of carbonyl (C=O) groups excluding carboxylic acids is 2. The topological polar surface area (TPSA) is 72.4 Å². The third-order valence-electron chi connectivity index (χ3n) is 8.77. The highest BCUT2D eigenvalue weighted by molar-refractivity contribution is 6.07. The highest BCUT2D eigenvalue weighted by atomic mass is 16.5. The van der Waals surface area contributed by atoms with E-state index in [2.05, 4.69) is 63.7 Å². The van der Waals surface area contributed by atoms with Crippen LogP contribution < -0.4 is 10.6 Å². The molecule has 236 valence electrons. The SMILES string of the molecule is CC[C@H](C)[C@H](NC(=O)OCc1ccccc1)C(=O)NCCCCCCCCCCCCn1c2ccccc2c2ccccc21. The Morgan fingerprint density at radius 1 is 0.705 bits per heavy atom. The summed E-state index contributed by atoms with van der Waals surface area (Å²) in [5.41, 5.74) is 3.61. The monoisotopic (exact) mass is 597 g/mol. The number of ether oxygens (including phenoxy) is 1. The van der Waals surface area contributed by atoms with Crippen molar-refractivity contribution in [3.05, 3.63) is 84.4 Å². The van der Waals surface area contributed by atoms with Crippen LogP contribution in [0, 0.1) is 5.92 Å². The van der Waals surface area contributed by atoms with Crippen LogP contribution in [0.25, 0.3) is 21.8 Å². The first-order chi connectivity index (χ1) is 21.6. The summed E-state index contributed by atoms with van der Waals surface area (Å²) in [4.78, 5) is 25.2. The van der Waals surface area contributed by atoms with Gasteiger partial charge in [0.25, 0.3) is 0 Å². The zero-order valence-corrected chi connectivity index (χ0v) is 26.7. The average Bonchev–Trinajstić information content (AvgIpc) is 3.38. The summed E-state index contributed by atoms with van der Waals surface area (Å²) in [6.45, 7) is 5.91. The number of benzene rings is 3. The first-order valence-corrected chi connectivity index (χ1v) is 16.8. The molecule has 6 nitrogen and oxygen atoms in total.